The van der Waals surface area contributed by atoms with Gasteiger partial charge in [-0.25, -0.2) is 0 Å². The lowest BCUT2D eigenvalue weighted by atomic mass is 10.2. The minimum atomic E-state index is -0.426. The highest BCUT2D eigenvalue weighted by molar-refractivity contribution is 6.06. The van der Waals surface area contributed by atoms with E-state index in [1.54, 1.807) is 6.20 Å². The predicted octanol–water partition coefficient (Wildman–Crippen LogP) is 2.49. The second kappa shape index (κ2) is 4.99. The quantitative estimate of drug-likeness (QED) is 0.794. The maximum Gasteiger partial charge on any atom is 0.250 e. The molecule has 0 unspecified atom stereocenters. The van der Waals surface area contributed by atoms with Crippen LogP contribution in [-0.2, 0) is 6.54 Å². The summed E-state index contributed by atoms with van der Waals surface area (Å²) in [6, 6.07) is 7.61. The summed E-state index contributed by atoms with van der Waals surface area (Å²) in [6.45, 7) is 0.402. The summed E-state index contributed by atoms with van der Waals surface area (Å²) in [5, 5.41) is 0.861. The zero-order valence-corrected chi connectivity index (χ0v) is 9.53. The van der Waals surface area contributed by atoms with Crippen LogP contribution in [0.25, 0.3) is 10.9 Å². The van der Waals surface area contributed by atoms with Crippen molar-refractivity contribution >= 4 is 16.8 Å². The molecular formula is C13H15FN2O. The van der Waals surface area contributed by atoms with Crippen LogP contribution in [0.2, 0.25) is 0 Å². The third-order valence-corrected chi connectivity index (χ3v) is 2.84. The molecule has 0 saturated heterocycles. The van der Waals surface area contributed by atoms with E-state index in [-0.39, 0.29) is 6.67 Å². The molecule has 17 heavy (non-hydrogen) atoms. The van der Waals surface area contributed by atoms with Crippen molar-refractivity contribution in [2.75, 3.05) is 6.67 Å². The molecule has 90 valence electrons. The Hall–Kier alpha value is -1.84. The Labute approximate surface area is 99.0 Å². The number of benzene rings is 1. The molecule has 1 aromatic carbocycles. The van der Waals surface area contributed by atoms with Crippen LogP contribution in [0.1, 0.15) is 23.2 Å². The second-order valence-electron chi connectivity index (χ2n) is 4.01. The lowest BCUT2D eigenvalue weighted by Gasteiger charge is -2.03. The molecule has 0 fully saturated rings. The first-order valence-corrected chi connectivity index (χ1v) is 5.67. The Balaban J connectivity index is 2.38. The number of aromatic nitrogens is 1. The number of para-hydroxylation sites is 1. The zero-order chi connectivity index (χ0) is 12.3. The molecule has 2 N–H and O–H groups in total. The van der Waals surface area contributed by atoms with Crippen molar-refractivity contribution in [1.29, 1.82) is 0 Å². The number of fused-ring (bicyclic) bond motifs is 1. The van der Waals surface area contributed by atoms with Crippen molar-refractivity contribution in [3.63, 3.8) is 0 Å². The second-order valence-corrected chi connectivity index (χ2v) is 4.01. The topological polar surface area (TPSA) is 48.0 Å². The molecule has 0 spiro atoms. The molecule has 0 bridgehead atoms. The van der Waals surface area contributed by atoms with Crippen LogP contribution in [0.3, 0.4) is 0 Å². The molecular weight excluding hydrogens is 219 g/mol. The minimum Gasteiger partial charge on any atom is -0.366 e. The van der Waals surface area contributed by atoms with Crippen LogP contribution in [0.5, 0.6) is 0 Å². The fourth-order valence-corrected chi connectivity index (χ4v) is 2.00. The van der Waals surface area contributed by atoms with Crippen LogP contribution in [0.4, 0.5) is 4.39 Å². The Morgan fingerprint density at radius 1 is 1.29 bits per heavy atom. The van der Waals surface area contributed by atoms with Crippen molar-refractivity contribution in [3.8, 4) is 0 Å². The molecule has 2 rings (SSSR count). The Morgan fingerprint density at radius 3 is 2.76 bits per heavy atom. The molecule has 4 heteroatoms. The number of halogens is 1. The number of nitrogens with zero attached hydrogens (tertiary/aromatic N) is 1. The van der Waals surface area contributed by atoms with Crippen LogP contribution >= 0.6 is 0 Å². The first-order valence-electron chi connectivity index (χ1n) is 5.67. The van der Waals surface area contributed by atoms with Crippen LogP contribution in [-0.4, -0.2) is 17.1 Å². The maximum absolute atomic E-state index is 12.1. The first-order chi connectivity index (χ1) is 8.24. The average Bonchev–Trinajstić information content (AvgIpc) is 2.69. The molecule has 0 saturated carbocycles. The average molecular weight is 234 g/mol. The number of amides is 1. The number of aryl methyl sites for hydroxylation is 1. The van der Waals surface area contributed by atoms with Gasteiger partial charge in [-0.05, 0) is 18.9 Å². The van der Waals surface area contributed by atoms with Gasteiger partial charge in [0.2, 0.25) is 0 Å². The summed E-state index contributed by atoms with van der Waals surface area (Å²) in [5.41, 5.74) is 6.84. The number of carbonyl (C=O) groups is 1. The molecule has 0 aliphatic carbocycles. The van der Waals surface area contributed by atoms with Crippen molar-refractivity contribution in [2.45, 2.75) is 19.4 Å². The van der Waals surface area contributed by atoms with E-state index >= 15 is 0 Å². The summed E-state index contributed by atoms with van der Waals surface area (Å²) < 4.78 is 14.0. The minimum absolute atomic E-state index is 0.304. The van der Waals surface area contributed by atoms with E-state index in [2.05, 4.69) is 0 Å². The van der Waals surface area contributed by atoms with Gasteiger partial charge in [-0.2, -0.15) is 0 Å². The van der Waals surface area contributed by atoms with Gasteiger partial charge < -0.3 is 10.3 Å². The third kappa shape index (κ3) is 2.30. The number of alkyl halides is 1. The molecule has 0 aliphatic heterocycles. The molecule has 1 heterocycles. The Kier molecular flexibility index (Phi) is 3.42. The van der Waals surface area contributed by atoms with Gasteiger partial charge in [0, 0.05) is 23.6 Å². The monoisotopic (exact) mass is 234 g/mol. The number of primary amides is 1. The van der Waals surface area contributed by atoms with E-state index in [1.807, 2.05) is 28.8 Å². The van der Waals surface area contributed by atoms with E-state index in [1.165, 1.54) is 0 Å². The van der Waals surface area contributed by atoms with Crippen molar-refractivity contribution < 1.29 is 9.18 Å². The van der Waals surface area contributed by atoms with Gasteiger partial charge in [0.05, 0.1) is 12.2 Å². The smallest absolute Gasteiger partial charge is 0.250 e. The van der Waals surface area contributed by atoms with Crippen LogP contribution in [0.15, 0.2) is 30.5 Å². The number of carbonyl (C=O) groups excluding carboxylic acids is 1. The lowest BCUT2D eigenvalue weighted by Crippen LogP contribution is -2.10. The highest BCUT2D eigenvalue weighted by Gasteiger charge is 2.11. The van der Waals surface area contributed by atoms with Gasteiger partial charge in [0.25, 0.3) is 5.91 Å². The lowest BCUT2D eigenvalue weighted by molar-refractivity contribution is 0.100. The maximum atomic E-state index is 12.1. The van der Waals surface area contributed by atoms with Crippen molar-refractivity contribution in [2.24, 2.45) is 5.73 Å². The van der Waals surface area contributed by atoms with Crippen LogP contribution < -0.4 is 5.73 Å². The highest BCUT2D eigenvalue weighted by Crippen LogP contribution is 2.21. The molecule has 0 aliphatic rings. The van der Waals surface area contributed by atoms with E-state index in [0.717, 1.165) is 17.3 Å². The van der Waals surface area contributed by atoms with E-state index < -0.39 is 5.91 Å². The summed E-state index contributed by atoms with van der Waals surface area (Å²) in [7, 11) is 0. The molecule has 3 nitrogen and oxygen atoms in total. The summed E-state index contributed by atoms with van der Waals surface area (Å²) in [5.74, 6) is -0.426. The molecule has 0 atom stereocenters. The molecule has 0 radical (unpaired) electrons. The fourth-order valence-electron chi connectivity index (χ4n) is 2.00. The normalized spacial score (nSPS) is 10.9. The van der Waals surface area contributed by atoms with E-state index in [9.17, 15) is 9.18 Å². The van der Waals surface area contributed by atoms with Gasteiger partial charge in [-0.1, -0.05) is 18.2 Å². The Bertz CT molecular complexity index is 533. The van der Waals surface area contributed by atoms with Gasteiger partial charge in [0.15, 0.2) is 0 Å². The number of hydrogen-bond acceptors (Lipinski definition) is 1. The summed E-state index contributed by atoms with van der Waals surface area (Å²) in [6.07, 6.45) is 3.05. The summed E-state index contributed by atoms with van der Waals surface area (Å²) in [4.78, 5) is 11.3. The fraction of sp³-hybridized carbons (Fsp3) is 0.308. The third-order valence-electron chi connectivity index (χ3n) is 2.84. The van der Waals surface area contributed by atoms with Gasteiger partial charge in [-0.3, -0.25) is 9.18 Å². The first kappa shape index (κ1) is 11.6. The van der Waals surface area contributed by atoms with Gasteiger partial charge in [-0.15, -0.1) is 0 Å². The molecule has 1 aromatic heterocycles. The SMILES string of the molecule is NC(=O)c1cn(CCCCF)c2ccccc12. The predicted molar refractivity (Wildman–Crippen MR) is 65.7 cm³/mol. The van der Waals surface area contributed by atoms with Crippen molar-refractivity contribution in [1.82, 2.24) is 4.57 Å². The van der Waals surface area contributed by atoms with Crippen molar-refractivity contribution in [3.05, 3.63) is 36.0 Å². The standard InChI is InChI=1S/C13H15FN2O/c14-7-3-4-8-16-9-11(13(15)17)10-5-1-2-6-12(10)16/h1-2,5-6,9H,3-4,7-8H2,(H2,15,17). The van der Waals surface area contributed by atoms with Crippen LogP contribution in [0, 0.1) is 0 Å². The Morgan fingerprint density at radius 2 is 2.06 bits per heavy atom. The summed E-state index contributed by atoms with van der Waals surface area (Å²) >= 11 is 0. The number of hydrogen-bond donors (Lipinski definition) is 1. The van der Waals surface area contributed by atoms with Gasteiger partial charge in [0.1, 0.15) is 0 Å². The number of nitrogens with two attached hydrogens (primary N) is 1. The number of unbranched alkanes of at least 4 members (excludes halogenated alkanes) is 1. The van der Waals surface area contributed by atoms with E-state index in [4.69, 9.17) is 5.73 Å². The van der Waals surface area contributed by atoms with Gasteiger partial charge >= 0.3 is 0 Å². The number of rotatable bonds is 5. The molecule has 2 aromatic rings. The largest absolute Gasteiger partial charge is 0.366 e. The highest BCUT2D eigenvalue weighted by atomic mass is 19.1. The molecule has 1 amide bonds. The zero-order valence-electron chi connectivity index (χ0n) is 9.53. The van der Waals surface area contributed by atoms with E-state index in [0.29, 0.717) is 18.5 Å².